The molecular formula is C9H6ClNO2. The van der Waals surface area contributed by atoms with E-state index in [9.17, 15) is 9.90 Å². The predicted octanol–water partition coefficient (Wildman–Crippen LogP) is 2.12. The summed E-state index contributed by atoms with van der Waals surface area (Å²) in [7, 11) is 0. The summed E-state index contributed by atoms with van der Waals surface area (Å²) in [6.07, 6.45) is 0. The Morgan fingerprint density at radius 1 is 1.62 bits per heavy atom. The lowest BCUT2D eigenvalue weighted by molar-refractivity contribution is 0.101. The van der Waals surface area contributed by atoms with Crippen LogP contribution in [0.1, 0.15) is 22.8 Å². The highest BCUT2D eigenvalue weighted by Crippen LogP contribution is 2.27. The van der Waals surface area contributed by atoms with Gasteiger partial charge in [0, 0.05) is 0 Å². The van der Waals surface area contributed by atoms with E-state index in [0.29, 0.717) is 0 Å². The Kier molecular flexibility index (Phi) is 2.54. The molecule has 0 aliphatic carbocycles. The molecule has 0 radical (unpaired) electrons. The van der Waals surface area contributed by atoms with E-state index in [0.717, 1.165) is 0 Å². The average molecular weight is 196 g/mol. The zero-order valence-corrected chi connectivity index (χ0v) is 7.59. The third-order valence-corrected chi connectivity index (χ3v) is 1.85. The highest BCUT2D eigenvalue weighted by Gasteiger charge is 2.12. The first-order chi connectivity index (χ1) is 6.06. The van der Waals surface area contributed by atoms with E-state index in [2.05, 4.69) is 0 Å². The van der Waals surface area contributed by atoms with E-state index >= 15 is 0 Å². The first-order valence-electron chi connectivity index (χ1n) is 3.50. The molecule has 0 aliphatic heterocycles. The number of phenolic OH excluding ortho intramolecular Hbond substituents is 1. The van der Waals surface area contributed by atoms with Crippen LogP contribution in [0.3, 0.4) is 0 Å². The van der Waals surface area contributed by atoms with Crippen LogP contribution in [-0.4, -0.2) is 10.9 Å². The van der Waals surface area contributed by atoms with Crippen molar-refractivity contribution >= 4 is 17.4 Å². The normalized spacial score (nSPS) is 9.31. The molecule has 0 bridgehead atoms. The number of carbonyl (C=O) groups is 1. The summed E-state index contributed by atoms with van der Waals surface area (Å²) in [5, 5.41) is 17.9. The van der Waals surface area contributed by atoms with Crippen LogP contribution in [0, 0.1) is 11.3 Å². The van der Waals surface area contributed by atoms with Crippen molar-refractivity contribution in [3.63, 3.8) is 0 Å². The smallest absolute Gasteiger partial charge is 0.165 e. The van der Waals surface area contributed by atoms with Gasteiger partial charge in [-0.25, -0.2) is 0 Å². The predicted molar refractivity (Wildman–Crippen MR) is 47.8 cm³/mol. The SMILES string of the molecule is CC(=O)c1c(O)cc(C#N)cc1Cl. The monoisotopic (exact) mass is 195 g/mol. The van der Waals surface area contributed by atoms with Crippen molar-refractivity contribution in [1.29, 1.82) is 5.26 Å². The molecule has 0 saturated carbocycles. The molecule has 0 fully saturated rings. The molecule has 1 aromatic rings. The first-order valence-corrected chi connectivity index (χ1v) is 3.87. The maximum atomic E-state index is 11.0. The van der Waals surface area contributed by atoms with Crippen LogP contribution < -0.4 is 0 Å². The number of nitriles is 1. The number of carbonyl (C=O) groups excluding carboxylic acids is 1. The number of aromatic hydroxyl groups is 1. The van der Waals surface area contributed by atoms with E-state index < -0.39 is 0 Å². The molecule has 66 valence electrons. The van der Waals surface area contributed by atoms with Crippen molar-refractivity contribution in [3.8, 4) is 11.8 Å². The second-order valence-electron chi connectivity index (χ2n) is 2.52. The Morgan fingerprint density at radius 2 is 2.23 bits per heavy atom. The minimum absolute atomic E-state index is 0.0562. The zero-order chi connectivity index (χ0) is 10.0. The Labute approximate surface area is 80.2 Å². The fraction of sp³-hybridized carbons (Fsp3) is 0.111. The summed E-state index contributed by atoms with van der Waals surface area (Å²) in [6, 6.07) is 4.38. The molecule has 0 atom stereocenters. The lowest BCUT2D eigenvalue weighted by Gasteiger charge is -2.02. The standard InChI is InChI=1S/C9H6ClNO2/c1-5(12)9-7(10)2-6(4-11)3-8(9)13/h2-3,13H,1H3. The summed E-state index contributed by atoms with van der Waals surface area (Å²) < 4.78 is 0. The minimum atomic E-state index is -0.327. The van der Waals surface area contributed by atoms with Crippen LogP contribution in [0.5, 0.6) is 5.75 Å². The molecule has 0 unspecified atom stereocenters. The number of hydrogen-bond donors (Lipinski definition) is 1. The zero-order valence-electron chi connectivity index (χ0n) is 6.84. The topological polar surface area (TPSA) is 61.1 Å². The van der Waals surface area contributed by atoms with E-state index in [1.807, 2.05) is 6.07 Å². The van der Waals surface area contributed by atoms with Crippen molar-refractivity contribution < 1.29 is 9.90 Å². The Balaban J connectivity index is 3.42. The van der Waals surface area contributed by atoms with Gasteiger partial charge in [-0.1, -0.05) is 11.6 Å². The first kappa shape index (κ1) is 9.56. The molecule has 0 spiro atoms. The van der Waals surface area contributed by atoms with E-state index in [1.54, 1.807) is 0 Å². The Hall–Kier alpha value is -1.53. The Bertz CT molecular complexity index is 384. The molecule has 0 heterocycles. The highest BCUT2D eigenvalue weighted by molar-refractivity contribution is 6.34. The van der Waals surface area contributed by atoms with Gasteiger partial charge in [0.15, 0.2) is 5.78 Å². The van der Waals surface area contributed by atoms with Gasteiger partial charge >= 0.3 is 0 Å². The summed E-state index contributed by atoms with van der Waals surface area (Å²) in [5.74, 6) is -0.580. The second-order valence-corrected chi connectivity index (χ2v) is 2.93. The van der Waals surface area contributed by atoms with Gasteiger partial charge in [0.2, 0.25) is 0 Å². The number of phenols is 1. The molecule has 4 heteroatoms. The van der Waals surface area contributed by atoms with Crippen LogP contribution in [0.25, 0.3) is 0 Å². The van der Waals surface area contributed by atoms with Gasteiger partial charge < -0.3 is 5.11 Å². The quantitative estimate of drug-likeness (QED) is 0.699. The molecule has 0 aromatic heterocycles. The van der Waals surface area contributed by atoms with Gasteiger partial charge in [0.25, 0.3) is 0 Å². The van der Waals surface area contributed by atoms with Crippen LogP contribution in [0.15, 0.2) is 12.1 Å². The van der Waals surface area contributed by atoms with Crippen molar-refractivity contribution in [2.75, 3.05) is 0 Å². The van der Waals surface area contributed by atoms with Crippen LogP contribution >= 0.6 is 11.6 Å². The molecule has 0 aliphatic rings. The third-order valence-electron chi connectivity index (χ3n) is 1.55. The van der Waals surface area contributed by atoms with Crippen molar-refractivity contribution in [3.05, 3.63) is 28.3 Å². The lowest BCUT2D eigenvalue weighted by Crippen LogP contribution is -1.94. The van der Waals surface area contributed by atoms with Gasteiger partial charge in [-0.15, -0.1) is 0 Å². The maximum absolute atomic E-state index is 11.0. The van der Waals surface area contributed by atoms with Gasteiger partial charge in [-0.05, 0) is 19.1 Å². The van der Waals surface area contributed by atoms with Gasteiger partial charge in [-0.2, -0.15) is 5.26 Å². The molecule has 1 aromatic carbocycles. The minimum Gasteiger partial charge on any atom is -0.507 e. The van der Waals surface area contributed by atoms with E-state index in [4.69, 9.17) is 16.9 Å². The molecule has 13 heavy (non-hydrogen) atoms. The average Bonchev–Trinajstić information content (AvgIpc) is 2.02. The number of benzene rings is 1. The van der Waals surface area contributed by atoms with Crippen molar-refractivity contribution in [2.24, 2.45) is 0 Å². The molecule has 1 N–H and O–H groups in total. The largest absolute Gasteiger partial charge is 0.507 e. The van der Waals surface area contributed by atoms with Crippen molar-refractivity contribution in [2.45, 2.75) is 6.92 Å². The van der Waals surface area contributed by atoms with Crippen LogP contribution in [0.2, 0.25) is 5.02 Å². The van der Waals surface area contributed by atoms with Crippen LogP contribution in [-0.2, 0) is 0 Å². The number of halogens is 1. The highest BCUT2D eigenvalue weighted by atomic mass is 35.5. The number of rotatable bonds is 1. The molecular weight excluding hydrogens is 190 g/mol. The molecule has 0 amide bonds. The Morgan fingerprint density at radius 3 is 2.62 bits per heavy atom. The second kappa shape index (κ2) is 3.46. The van der Waals surface area contributed by atoms with Gasteiger partial charge in [0.1, 0.15) is 5.75 Å². The lowest BCUT2D eigenvalue weighted by atomic mass is 10.1. The third kappa shape index (κ3) is 1.79. The molecule has 3 nitrogen and oxygen atoms in total. The number of hydrogen-bond acceptors (Lipinski definition) is 3. The van der Waals surface area contributed by atoms with Gasteiger partial charge in [-0.3, -0.25) is 4.79 Å². The van der Waals surface area contributed by atoms with Crippen molar-refractivity contribution in [1.82, 2.24) is 0 Å². The fourth-order valence-corrected chi connectivity index (χ4v) is 1.35. The van der Waals surface area contributed by atoms with E-state index in [-0.39, 0.29) is 27.7 Å². The van der Waals surface area contributed by atoms with Crippen LogP contribution in [0.4, 0.5) is 0 Å². The summed E-state index contributed by atoms with van der Waals surface area (Å²) in [6.45, 7) is 1.30. The number of ketones is 1. The summed E-state index contributed by atoms with van der Waals surface area (Å²) in [4.78, 5) is 11.0. The van der Waals surface area contributed by atoms with Gasteiger partial charge in [0.05, 0.1) is 22.2 Å². The number of Topliss-reactive ketones (excluding diaryl/α,β-unsaturated/α-hetero) is 1. The number of nitrogens with zero attached hydrogens (tertiary/aromatic N) is 1. The molecule has 0 saturated heterocycles. The molecule has 1 rings (SSSR count). The van der Waals surface area contributed by atoms with E-state index in [1.165, 1.54) is 19.1 Å². The fourth-order valence-electron chi connectivity index (χ4n) is 1.01. The summed E-state index contributed by atoms with van der Waals surface area (Å²) >= 11 is 5.68. The summed E-state index contributed by atoms with van der Waals surface area (Å²) in [5.41, 5.74) is 0.285. The maximum Gasteiger partial charge on any atom is 0.165 e.